The summed E-state index contributed by atoms with van der Waals surface area (Å²) in [6, 6.07) is 10.3. The number of hydrogen-bond donors (Lipinski definition) is 1. The van der Waals surface area contributed by atoms with Gasteiger partial charge < -0.3 is 10.1 Å². The van der Waals surface area contributed by atoms with Gasteiger partial charge in [-0.2, -0.15) is 0 Å². The second kappa shape index (κ2) is 8.27. The first kappa shape index (κ1) is 21.2. The number of methoxy groups -OCH3 is 1. The fourth-order valence-electron chi connectivity index (χ4n) is 4.47. The van der Waals surface area contributed by atoms with Crippen LogP contribution in [0.4, 0.5) is 8.78 Å². The van der Waals surface area contributed by atoms with Crippen LogP contribution in [0.3, 0.4) is 0 Å². The number of esters is 1. The minimum Gasteiger partial charge on any atom is -0.466 e. The molecule has 1 heterocycles. The average molecular weight is 444 g/mol. The van der Waals surface area contributed by atoms with Gasteiger partial charge in [0.05, 0.1) is 18.6 Å². The van der Waals surface area contributed by atoms with E-state index in [9.17, 15) is 18.4 Å². The lowest BCUT2D eigenvalue weighted by Crippen LogP contribution is -2.36. The first-order valence-electron chi connectivity index (χ1n) is 9.83. The summed E-state index contributed by atoms with van der Waals surface area (Å²) in [6.45, 7) is 1.68. The standard InChI is InChI=1S/C24H20ClF2NO3/c1-12-20(24(30)31-2)23(21-16(25)4-3-5-17(21)27)22-18(28-12)10-14(11-19(22)29)13-6-8-15(26)9-7-13/h3-9,14,23,28H,10-11H2,1-2H3/t14-,23-/m1/s1. The molecule has 160 valence electrons. The van der Waals surface area contributed by atoms with Crippen LogP contribution in [0.25, 0.3) is 0 Å². The number of hydrogen-bond acceptors (Lipinski definition) is 4. The molecule has 31 heavy (non-hydrogen) atoms. The Morgan fingerprint density at radius 3 is 2.48 bits per heavy atom. The second-order valence-corrected chi connectivity index (χ2v) is 8.10. The van der Waals surface area contributed by atoms with Crippen LogP contribution in [0.15, 0.2) is 65.0 Å². The maximum Gasteiger partial charge on any atom is 0.336 e. The van der Waals surface area contributed by atoms with Gasteiger partial charge in [0.15, 0.2) is 5.78 Å². The minimum absolute atomic E-state index is 0.0755. The van der Waals surface area contributed by atoms with Crippen molar-refractivity contribution in [2.24, 2.45) is 0 Å². The van der Waals surface area contributed by atoms with E-state index < -0.39 is 17.7 Å². The number of Topliss-reactive ketones (excluding diaryl/α,β-unsaturated/α-hetero) is 1. The monoisotopic (exact) mass is 443 g/mol. The highest BCUT2D eigenvalue weighted by Gasteiger charge is 2.43. The molecule has 1 aliphatic heterocycles. The summed E-state index contributed by atoms with van der Waals surface area (Å²) >= 11 is 6.34. The average Bonchev–Trinajstić information content (AvgIpc) is 2.73. The molecule has 0 unspecified atom stereocenters. The van der Waals surface area contributed by atoms with Crippen molar-refractivity contribution in [1.29, 1.82) is 0 Å². The van der Waals surface area contributed by atoms with Crippen LogP contribution in [0.1, 0.15) is 42.7 Å². The molecule has 1 aliphatic carbocycles. The van der Waals surface area contributed by atoms with Gasteiger partial charge in [-0.25, -0.2) is 13.6 Å². The van der Waals surface area contributed by atoms with Crippen LogP contribution in [0, 0.1) is 11.6 Å². The van der Waals surface area contributed by atoms with E-state index in [0.717, 1.165) is 5.56 Å². The van der Waals surface area contributed by atoms with E-state index in [1.165, 1.54) is 37.4 Å². The number of allylic oxidation sites excluding steroid dienone is 3. The lowest BCUT2D eigenvalue weighted by molar-refractivity contribution is -0.136. The fourth-order valence-corrected chi connectivity index (χ4v) is 4.74. The molecule has 0 amide bonds. The van der Waals surface area contributed by atoms with E-state index in [2.05, 4.69) is 5.32 Å². The molecule has 2 aliphatic rings. The zero-order valence-electron chi connectivity index (χ0n) is 17.0. The van der Waals surface area contributed by atoms with Gasteiger partial charge in [-0.1, -0.05) is 29.8 Å². The van der Waals surface area contributed by atoms with Crippen molar-refractivity contribution in [3.05, 3.63) is 92.8 Å². The number of ether oxygens (including phenoxy) is 1. The second-order valence-electron chi connectivity index (χ2n) is 7.70. The Hall–Kier alpha value is -2.99. The van der Waals surface area contributed by atoms with E-state index >= 15 is 0 Å². The van der Waals surface area contributed by atoms with Crippen molar-refractivity contribution in [3.8, 4) is 0 Å². The predicted molar refractivity (Wildman–Crippen MR) is 112 cm³/mol. The fraction of sp³-hybridized carbons (Fsp3) is 0.250. The smallest absolute Gasteiger partial charge is 0.336 e. The Bertz CT molecular complexity index is 1120. The van der Waals surface area contributed by atoms with Crippen LogP contribution in [0.2, 0.25) is 5.02 Å². The molecular weight excluding hydrogens is 424 g/mol. The molecule has 4 nitrogen and oxygen atoms in total. The summed E-state index contributed by atoms with van der Waals surface area (Å²) in [5, 5.41) is 3.29. The normalized spacial score (nSPS) is 21.0. The molecule has 2 aromatic carbocycles. The van der Waals surface area contributed by atoms with Gasteiger partial charge in [0.2, 0.25) is 0 Å². The lowest BCUT2D eigenvalue weighted by Gasteiger charge is -2.37. The molecule has 1 N–H and O–H groups in total. The number of carbonyl (C=O) groups is 2. The molecule has 2 aromatic rings. The Balaban J connectivity index is 1.85. The van der Waals surface area contributed by atoms with E-state index in [-0.39, 0.29) is 40.1 Å². The summed E-state index contributed by atoms with van der Waals surface area (Å²) in [4.78, 5) is 26.0. The van der Waals surface area contributed by atoms with Gasteiger partial charge in [-0.05, 0) is 49.1 Å². The summed E-state index contributed by atoms with van der Waals surface area (Å²) < 4.78 is 33.2. The van der Waals surface area contributed by atoms with Crippen molar-refractivity contribution < 1.29 is 23.1 Å². The van der Waals surface area contributed by atoms with Crippen LogP contribution < -0.4 is 5.32 Å². The molecular formula is C24H20ClF2NO3. The van der Waals surface area contributed by atoms with Crippen molar-refractivity contribution in [1.82, 2.24) is 5.32 Å². The van der Waals surface area contributed by atoms with Crippen molar-refractivity contribution in [3.63, 3.8) is 0 Å². The summed E-state index contributed by atoms with van der Waals surface area (Å²) in [5.41, 5.74) is 2.47. The first-order valence-corrected chi connectivity index (χ1v) is 10.2. The highest BCUT2D eigenvalue weighted by atomic mass is 35.5. The molecule has 0 spiro atoms. The SMILES string of the molecule is COC(=O)C1=C(C)NC2=C(C(=O)C[C@H](c3ccc(F)cc3)C2)[C@H]1c1c(F)cccc1Cl. The molecule has 0 saturated carbocycles. The number of halogens is 3. The zero-order valence-corrected chi connectivity index (χ0v) is 17.7. The highest BCUT2D eigenvalue weighted by Crippen LogP contribution is 2.47. The third kappa shape index (κ3) is 3.76. The number of rotatable bonds is 3. The van der Waals surface area contributed by atoms with Crippen molar-refractivity contribution in [2.45, 2.75) is 31.6 Å². The minimum atomic E-state index is -0.973. The molecule has 2 atom stereocenters. The Kier molecular flexibility index (Phi) is 5.67. The number of ketones is 1. The predicted octanol–water partition coefficient (Wildman–Crippen LogP) is 5.15. The van der Waals surface area contributed by atoms with Crippen LogP contribution in [-0.2, 0) is 14.3 Å². The maximum absolute atomic E-state index is 14.9. The van der Waals surface area contributed by atoms with Gasteiger partial charge in [-0.3, -0.25) is 4.79 Å². The Morgan fingerprint density at radius 2 is 1.84 bits per heavy atom. The summed E-state index contributed by atoms with van der Waals surface area (Å²) in [7, 11) is 1.24. The first-order chi connectivity index (χ1) is 14.8. The Morgan fingerprint density at radius 1 is 1.13 bits per heavy atom. The van der Waals surface area contributed by atoms with Crippen molar-refractivity contribution >= 4 is 23.4 Å². The Labute approximate surface area is 183 Å². The van der Waals surface area contributed by atoms with Crippen LogP contribution in [-0.4, -0.2) is 18.9 Å². The van der Waals surface area contributed by atoms with E-state index in [1.807, 2.05) is 0 Å². The molecule has 0 radical (unpaired) electrons. The summed E-state index contributed by atoms with van der Waals surface area (Å²) in [5.74, 6) is -2.97. The molecule has 0 aromatic heterocycles. The molecule has 7 heteroatoms. The maximum atomic E-state index is 14.9. The summed E-state index contributed by atoms with van der Waals surface area (Å²) in [6.07, 6.45) is 0.614. The third-order valence-electron chi connectivity index (χ3n) is 5.86. The van der Waals surface area contributed by atoms with Crippen molar-refractivity contribution in [2.75, 3.05) is 7.11 Å². The molecule has 0 saturated heterocycles. The van der Waals surface area contributed by atoms with E-state index in [0.29, 0.717) is 23.4 Å². The van der Waals surface area contributed by atoms with E-state index in [1.54, 1.807) is 19.1 Å². The molecule has 4 rings (SSSR count). The van der Waals surface area contributed by atoms with Gasteiger partial charge in [0, 0.05) is 34.0 Å². The van der Waals surface area contributed by atoms with E-state index in [4.69, 9.17) is 16.3 Å². The lowest BCUT2D eigenvalue weighted by atomic mass is 9.71. The molecule has 0 bridgehead atoms. The quantitative estimate of drug-likeness (QED) is 0.666. The highest BCUT2D eigenvalue weighted by molar-refractivity contribution is 6.31. The number of nitrogens with one attached hydrogen (secondary N) is 1. The molecule has 0 fully saturated rings. The largest absolute Gasteiger partial charge is 0.466 e. The van der Waals surface area contributed by atoms with Gasteiger partial charge in [-0.15, -0.1) is 0 Å². The number of benzene rings is 2. The third-order valence-corrected chi connectivity index (χ3v) is 6.19. The number of carbonyl (C=O) groups excluding carboxylic acids is 2. The zero-order chi connectivity index (χ0) is 22.3. The van der Waals surface area contributed by atoms with Crippen LogP contribution >= 0.6 is 11.6 Å². The van der Waals surface area contributed by atoms with Gasteiger partial charge in [0.25, 0.3) is 0 Å². The topological polar surface area (TPSA) is 55.4 Å². The number of dihydropyridines is 1. The van der Waals surface area contributed by atoms with Gasteiger partial charge in [0.1, 0.15) is 11.6 Å². The van der Waals surface area contributed by atoms with Crippen LogP contribution in [0.5, 0.6) is 0 Å². The van der Waals surface area contributed by atoms with Gasteiger partial charge >= 0.3 is 5.97 Å².